The SMILES string of the molecule is COc1cc(/C=N\NC(=O)COc2ccccc2C)ccc1OCc1ccc(Cl)cc1. The van der Waals surface area contributed by atoms with Crippen molar-refractivity contribution in [3.63, 3.8) is 0 Å². The summed E-state index contributed by atoms with van der Waals surface area (Å²) >= 11 is 5.90. The van der Waals surface area contributed by atoms with E-state index in [9.17, 15) is 4.79 Å². The quantitative estimate of drug-likeness (QED) is 0.386. The summed E-state index contributed by atoms with van der Waals surface area (Å²) < 4.78 is 16.7. The number of halogens is 1. The van der Waals surface area contributed by atoms with Crippen LogP contribution in [0.2, 0.25) is 5.02 Å². The van der Waals surface area contributed by atoms with E-state index in [1.54, 1.807) is 19.2 Å². The molecule has 3 aromatic rings. The van der Waals surface area contributed by atoms with Crippen molar-refractivity contribution >= 4 is 23.7 Å². The molecule has 0 saturated carbocycles. The number of rotatable bonds is 9. The zero-order valence-corrected chi connectivity index (χ0v) is 18.1. The van der Waals surface area contributed by atoms with Crippen LogP contribution in [0.1, 0.15) is 16.7 Å². The van der Waals surface area contributed by atoms with Gasteiger partial charge in [0, 0.05) is 5.02 Å². The van der Waals surface area contributed by atoms with Crippen LogP contribution in [0.25, 0.3) is 0 Å². The lowest BCUT2D eigenvalue weighted by atomic mass is 10.2. The highest BCUT2D eigenvalue weighted by atomic mass is 35.5. The molecule has 0 aliphatic rings. The summed E-state index contributed by atoms with van der Waals surface area (Å²) in [5.74, 6) is 1.48. The molecule has 160 valence electrons. The third kappa shape index (κ3) is 6.76. The summed E-state index contributed by atoms with van der Waals surface area (Å²) in [6.45, 7) is 2.18. The minimum Gasteiger partial charge on any atom is -0.493 e. The van der Waals surface area contributed by atoms with E-state index in [1.807, 2.05) is 61.5 Å². The zero-order valence-electron chi connectivity index (χ0n) is 17.3. The Hall–Kier alpha value is -3.51. The molecule has 0 saturated heterocycles. The lowest BCUT2D eigenvalue weighted by molar-refractivity contribution is -0.123. The monoisotopic (exact) mass is 438 g/mol. The third-order valence-electron chi connectivity index (χ3n) is 4.35. The van der Waals surface area contributed by atoms with E-state index in [-0.39, 0.29) is 12.5 Å². The van der Waals surface area contributed by atoms with Crippen molar-refractivity contribution in [3.8, 4) is 17.2 Å². The number of carbonyl (C=O) groups excluding carboxylic acids is 1. The van der Waals surface area contributed by atoms with Crippen molar-refractivity contribution in [2.75, 3.05) is 13.7 Å². The molecule has 0 aromatic heterocycles. The fraction of sp³-hybridized carbons (Fsp3) is 0.167. The van der Waals surface area contributed by atoms with Crippen LogP contribution in [0, 0.1) is 6.92 Å². The van der Waals surface area contributed by atoms with Crippen LogP contribution < -0.4 is 19.6 Å². The maximum atomic E-state index is 11.9. The Morgan fingerprint density at radius 3 is 2.52 bits per heavy atom. The molecule has 3 rings (SSSR count). The maximum absolute atomic E-state index is 11.9. The Balaban J connectivity index is 1.52. The fourth-order valence-corrected chi connectivity index (χ4v) is 2.82. The van der Waals surface area contributed by atoms with Crippen molar-refractivity contribution in [1.82, 2.24) is 5.43 Å². The summed E-state index contributed by atoms with van der Waals surface area (Å²) in [7, 11) is 1.57. The van der Waals surface area contributed by atoms with Crippen molar-refractivity contribution in [2.45, 2.75) is 13.5 Å². The molecule has 0 radical (unpaired) electrons. The molecule has 1 N–H and O–H groups in total. The number of para-hydroxylation sites is 1. The molecule has 7 heteroatoms. The lowest BCUT2D eigenvalue weighted by Crippen LogP contribution is -2.24. The highest BCUT2D eigenvalue weighted by Crippen LogP contribution is 2.28. The molecule has 0 unspecified atom stereocenters. The van der Waals surface area contributed by atoms with Gasteiger partial charge in [-0.1, -0.05) is 41.9 Å². The Kier molecular flexibility index (Phi) is 7.90. The first-order valence-corrected chi connectivity index (χ1v) is 9.98. The highest BCUT2D eigenvalue weighted by Gasteiger charge is 2.07. The summed E-state index contributed by atoms with van der Waals surface area (Å²) in [6.07, 6.45) is 1.52. The van der Waals surface area contributed by atoms with Gasteiger partial charge in [-0.3, -0.25) is 4.79 Å². The van der Waals surface area contributed by atoms with E-state index < -0.39 is 0 Å². The molecule has 0 aliphatic heterocycles. The number of benzene rings is 3. The lowest BCUT2D eigenvalue weighted by Gasteiger charge is -2.11. The van der Waals surface area contributed by atoms with Gasteiger partial charge in [0.15, 0.2) is 18.1 Å². The molecule has 6 nitrogen and oxygen atoms in total. The minimum atomic E-state index is -0.352. The van der Waals surface area contributed by atoms with Gasteiger partial charge in [0.2, 0.25) is 0 Å². The first-order valence-electron chi connectivity index (χ1n) is 9.61. The Morgan fingerprint density at radius 2 is 1.77 bits per heavy atom. The maximum Gasteiger partial charge on any atom is 0.277 e. The third-order valence-corrected chi connectivity index (χ3v) is 4.60. The number of ether oxygens (including phenoxy) is 3. The first kappa shape index (κ1) is 22.2. The number of hydrogen-bond acceptors (Lipinski definition) is 5. The van der Waals surface area contributed by atoms with Gasteiger partial charge in [-0.15, -0.1) is 0 Å². The standard InChI is InChI=1S/C24H23ClN2O4/c1-17-5-3-4-6-21(17)31-16-24(28)27-26-14-19-9-12-22(23(13-19)29-2)30-15-18-7-10-20(25)11-8-18/h3-14H,15-16H2,1-2H3,(H,27,28)/b26-14-. The number of nitrogens with one attached hydrogen (secondary N) is 1. The minimum absolute atomic E-state index is 0.122. The largest absolute Gasteiger partial charge is 0.493 e. The van der Waals surface area contributed by atoms with E-state index in [4.69, 9.17) is 25.8 Å². The zero-order chi connectivity index (χ0) is 22.1. The number of nitrogens with zero attached hydrogens (tertiary/aromatic N) is 1. The molecule has 0 spiro atoms. The number of methoxy groups -OCH3 is 1. The van der Waals surface area contributed by atoms with Crippen molar-refractivity contribution in [2.24, 2.45) is 5.10 Å². The van der Waals surface area contributed by atoms with Crippen LogP contribution in [0.4, 0.5) is 0 Å². The van der Waals surface area contributed by atoms with E-state index in [2.05, 4.69) is 10.5 Å². The van der Waals surface area contributed by atoms with Gasteiger partial charge in [-0.05, 0) is 60.0 Å². The Morgan fingerprint density at radius 1 is 1.00 bits per heavy atom. The molecule has 0 bridgehead atoms. The number of hydrazone groups is 1. The Bertz CT molecular complexity index is 1050. The van der Waals surface area contributed by atoms with Crippen LogP contribution in [-0.2, 0) is 11.4 Å². The number of hydrogen-bond donors (Lipinski definition) is 1. The number of aryl methyl sites for hydroxylation is 1. The first-order chi connectivity index (χ1) is 15.0. The second-order valence-corrected chi connectivity index (χ2v) is 7.11. The molecule has 0 heterocycles. The second-order valence-electron chi connectivity index (χ2n) is 6.67. The van der Waals surface area contributed by atoms with Gasteiger partial charge in [0.1, 0.15) is 12.4 Å². The summed E-state index contributed by atoms with van der Waals surface area (Å²) in [5.41, 5.74) is 5.15. The van der Waals surface area contributed by atoms with E-state index in [1.165, 1.54) is 6.21 Å². The predicted molar refractivity (Wildman–Crippen MR) is 121 cm³/mol. The van der Waals surface area contributed by atoms with Crippen molar-refractivity contribution in [3.05, 3.63) is 88.4 Å². The van der Waals surface area contributed by atoms with Gasteiger partial charge in [0.25, 0.3) is 5.91 Å². The average Bonchev–Trinajstić information content (AvgIpc) is 2.78. The average molecular weight is 439 g/mol. The smallest absolute Gasteiger partial charge is 0.277 e. The van der Waals surface area contributed by atoms with Crippen LogP contribution in [0.5, 0.6) is 17.2 Å². The summed E-state index contributed by atoms with van der Waals surface area (Å²) in [4.78, 5) is 11.9. The summed E-state index contributed by atoms with van der Waals surface area (Å²) in [5, 5.41) is 4.65. The van der Waals surface area contributed by atoms with E-state index in [0.717, 1.165) is 16.7 Å². The Labute approximate surface area is 186 Å². The van der Waals surface area contributed by atoms with Gasteiger partial charge < -0.3 is 14.2 Å². The van der Waals surface area contributed by atoms with Crippen LogP contribution in [-0.4, -0.2) is 25.8 Å². The molecular weight excluding hydrogens is 416 g/mol. The molecule has 0 fully saturated rings. The van der Waals surface area contributed by atoms with E-state index >= 15 is 0 Å². The molecule has 0 aliphatic carbocycles. The number of carbonyl (C=O) groups is 1. The molecule has 3 aromatic carbocycles. The normalized spacial score (nSPS) is 10.7. The topological polar surface area (TPSA) is 69.2 Å². The van der Waals surface area contributed by atoms with Crippen LogP contribution in [0.15, 0.2) is 71.8 Å². The molecule has 31 heavy (non-hydrogen) atoms. The number of amides is 1. The van der Waals surface area contributed by atoms with Gasteiger partial charge >= 0.3 is 0 Å². The second kappa shape index (κ2) is 11.0. The van der Waals surface area contributed by atoms with Crippen molar-refractivity contribution < 1.29 is 19.0 Å². The molecular formula is C24H23ClN2O4. The van der Waals surface area contributed by atoms with Gasteiger partial charge in [-0.2, -0.15) is 5.10 Å². The van der Waals surface area contributed by atoms with Crippen LogP contribution in [0.3, 0.4) is 0 Å². The van der Waals surface area contributed by atoms with Gasteiger partial charge in [-0.25, -0.2) is 5.43 Å². The molecule has 1 amide bonds. The van der Waals surface area contributed by atoms with Gasteiger partial charge in [0.05, 0.1) is 13.3 Å². The van der Waals surface area contributed by atoms with Crippen molar-refractivity contribution in [1.29, 1.82) is 0 Å². The van der Waals surface area contributed by atoms with E-state index in [0.29, 0.717) is 28.9 Å². The predicted octanol–water partition coefficient (Wildman–Crippen LogP) is 4.77. The highest BCUT2D eigenvalue weighted by molar-refractivity contribution is 6.30. The van der Waals surface area contributed by atoms with Crippen LogP contribution >= 0.6 is 11.6 Å². The fourth-order valence-electron chi connectivity index (χ4n) is 2.70. The molecule has 0 atom stereocenters. The summed E-state index contributed by atoms with van der Waals surface area (Å²) in [6, 6.07) is 20.3.